The van der Waals surface area contributed by atoms with Gasteiger partial charge in [0, 0.05) is 11.5 Å². The molecule has 3 N–H and O–H groups in total. The molecule has 1 aromatic heterocycles. The number of aromatic nitrogens is 2. The predicted octanol–water partition coefficient (Wildman–Crippen LogP) is 2.31. The number of nitrogen functional groups attached to an aromatic ring is 1. The Bertz CT molecular complexity index is 786. The number of benzene rings is 1. The summed E-state index contributed by atoms with van der Waals surface area (Å²) in [5.41, 5.74) is 7.53. The van der Waals surface area contributed by atoms with Crippen molar-refractivity contribution in [3.05, 3.63) is 35.5 Å². The SMILES string of the molecule is Cc1ccc(-n2nc(C(C)(C)C)cc2N)cc1S(=O)(=O)O. The minimum Gasteiger partial charge on any atom is -0.384 e. The van der Waals surface area contributed by atoms with Gasteiger partial charge in [0.2, 0.25) is 0 Å². The van der Waals surface area contributed by atoms with E-state index in [4.69, 9.17) is 5.73 Å². The highest BCUT2D eigenvalue weighted by atomic mass is 32.2. The van der Waals surface area contributed by atoms with Gasteiger partial charge in [0.1, 0.15) is 5.82 Å². The van der Waals surface area contributed by atoms with Gasteiger partial charge in [0.25, 0.3) is 10.1 Å². The molecule has 0 saturated heterocycles. The number of rotatable bonds is 2. The van der Waals surface area contributed by atoms with Crippen LogP contribution in [0.2, 0.25) is 0 Å². The van der Waals surface area contributed by atoms with E-state index in [0.717, 1.165) is 5.69 Å². The maximum Gasteiger partial charge on any atom is 0.294 e. The summed E-state index contributed by atoms with van der Waals surface area (Å²) in [6, 6.07) is 6.43. The fraction of sp³-hybridized carbons (Fsp3) is 0.357. The average Bonchev–Trinajstić information content (AvgIpc) is 2.70. The van der Waals surface area contributed by atoms with E-state index in [1.165, 1.54) is 10.7 Å². The molecule has 1 aromatic carbocycles. The van der Waals surface area contributed by atoms with Crippen LogP contribution in [0.1, 0.15) is 32.0 Å². The molecule has 0 unspecified atom stereocenters. The number of nitrogens with zero attached hydrogens (tertiary/aromatic N) is 2. The lowest BCUT2D eigenvalue weighted by atomic mass is 9.92. The minimum atomic E-state index is -4.28. The summed E-state index contributed by atoms with van der Waals surface area (Å²) in [6.45, 7) is 7.65. The Morgan fingerprint density at radius 3 is 2.33 bits per heavy atom. The van der Waals surface area contributed by atoms with Crippen LogP contribution in [-0.4, -0.2) is 22.8 Å². The Morgan fingerprint density at radius 1 is 1.24 bits per heavy atom. The van der Waals surface area contributed by atoms with Crippen molar-refractivity contribution in [2.24, 2.45) is 0 Å². The molecule has 1 heterocycles. The highest BCUT2D eigenvalue weighted by Crippen LogP contribution is 2.26. The van der Waals surface area contributed by atoms with Crippen LogP contribution < -0.4 is 5.73 Å². The number of nitrogens with two attached hydrogens (primary N) is 1. The summed E-state index contributed by atoms with van der Waals surface area (Å²) in [4.78, 5) is -0.146. The summed E-state index contributed by atoms with van der Waals surface area (Å²) in [6.07, 6.45) is 0. The van der Waals surface area contributed by atoms with E-state index >= 15 is 0 Å². The van der Waals surface area contributed by atoms with Crippen LogP contribution in [-0.2, 0) is 15.5 Å². The van der Waals surface area contributed by atoms with Gasteiger partial charge >= 0.3 is 0 Å². The van der Waals surface area contributed by atoms with Crippen LogP contribution in [0.3, 0.4) is 0 Å². The first kappa shape index (κ1) is 15.5. The van der Waals surface area contributed by atoms with E-state index in [1.54, 1.807) is 25.1 Å². The summed E-state index contributed by atoms with van der Waals surface area (Å²) < 4.78 is 33.5. The molecule has 114 valence electrons. The number of hydrogen-bond acceptors (Lipinski definition) is 4. The Morgan fingerprint density at radius 2 is 1.86 bits per heavy atom. The fourth-order valence-corrected chi connectivity index (χ4v) is 2.71. The summed E-state index contributed by atoms with van der Waals surface area (Å²) in [5.74, 6) is 0.407. The molecule has 0 aliphatic carbocycles. The summed E-state index contributed by atoms with van der Waals surface area (Å²) in [7, 11) is -4.28. The van der Waals surface area contributed by atoms with Crippen molar-refractivity contribution in [1.82, 2.24) is 9.78 Å². The average molecular weight is 309 g/mol. The standard InChI is InChI=1S/C14H19N3O3S/c1-9-5-6-10(7-11(9)21(18,19)20)17-13(15)8-12(16-17)14(2,3)4/h5-8H,15H2,1-4H3,(H,18,19,20). The molecule has 21 heavy (non-hydrogen) atoms. The van der Waals surface area contributed by atoms with Crippen LogP contribution in [0.15, 0.2) is 29.2 Å². The second-order valence-corrected chi connectivity index (χ2v) is 7.43. The van der Waals surface area contributed by atoms with Crippen LogP contribution >= 0.6 is 0 Å². The molecule has 6 nitrogen and oxygen atoms in total. The van der Waals surface area contributed by atoms with E-state index in [2.05, 4.69) is 5.10 Å². The van der Waals surface area contributed by atoms with E-state index < -0.39 is 10.1 Å². The van der Waals surface area contributed by atoms with Crippen molar-refractivity contribution in [1.29, 1.82) is 0 Å². The maximum atomic E-state index is 11.4. The minimum absolute atomic E-state index is 0.146. The van der Waals surface area contributed by atoms with Crippen LogP contribution in [0, 0.1) is 6.92 Å². The molecule has 0 aliphatic rings. The highest BCUT2D eigenvalue weighted by Gasteiger charge is 2.20. The van der Waals surface area contributed by atoms with Crippen molar-refractivity contribution in [3.63, 3.8) is 0 Å². The Kier molecular flexibility index (Phi) is 3.59. The van der Waals surface area contributed by atoms with Crippen LogP contribution in [0.5, 0.6) is 0 Å². The van der Waals surface area contributed by atoms with Crippen molar-refractivity contribution in [2.75, 3.05) is 5.73 Å². The molecule has 0 spiro atoms. The highest BCUT2D eigenvalue weighted by molar-refractivity contribution is 7.85. The van der Waals surface area contributed by atoms with E-state index in [-0.39, 0.29) is 10.3 Å². The van der Waals surface area contributed by atoms with Gasteiger partial charge < -0.3 is 5.73 Å². The number of aryl methyl sites for hydroxylation is 1. The molecule has 0 saturated carbocycles. The third kappa shape index (κ3) is 3.08. The zero-order valence-corrected chi connectivity index (χ0v) is 13.3. The lowest BCUT2D eigenvalue weighted by Crippen LogP contribution is -2.13. The van der Waals surface area contributed by atoms with Gasteiger partial charge in [-0.05, 0) is 24.6 Å². The van der Waals surface area contributed by atoms with Crippen molar-refractivity contribution in [2.45, 2.75) is 38.0 Å². The Labute approximate surface area is 124 Å². The number of anilines is 1. The first-order valence-corrected chi connectivity index (χ1v) is 7.88. The molecule has 0 atom stereocenters. The molecule has 0 amide bonds. The lowest BCUT2D eigenvalue weighted by molar-refractivity contribution is 0.482. The molecule has 0 aliphatic heterocycles. The topological polar surface area (TPSA) is 98.2 Å². The maximum absolute atomic E-state index is 11.4. The third-order valence-electron chi connectivity index (χ3n) is 3.20. The lowest BCUT2D eigenvalue weighted by Gasteiger charge is -2.14. The van der Waals surface area contributed by atoms with E-state index in [9.17, 15) is 13.0 Å². The van der Waals surface area contributed by atoms with Gasteiger partial charge in [-0.3, -0.25) is 4.55 Å². The third-order valence-corrected chi connectivity index (χ3v) is 4.20. The Hall–Kier alpha value is -1.86. The molecule has 2 aromatic rings. The van der Waals surface area contributed by atoms with Gasteiger partial charge in [-0.2, -0.15) is 13.5 Å². The normalized spacial score (nSPS) is 12.6. The molecule has 7 heteroatoms. The van der Waals surface area contributed by atoms with Crippen molar-refractivity contribution >= 4 is 15.9 Å². The molecule has 2 rings (SSSR count). The first-order valence-electron chi connectivity index (χ1n) is 6.44. The predicted molar refractivity (Wildman–Crippen MR) is 81.2 cm³/mol. The quantitative estimate of drug-likeness (QED) is 0.829. The van der Waals surface area contributed by atoms with Crippen molar-refractivity contribution < 1.29 is 13.0 Å². The van der Waals surface area contributed by atoms with E-state index in [1.807, 2.05) is 20.8 Å². The summed E-state index contributed by atoms with van der Waals surface area (Å²) >= 11 is 0. The smallest absolute Gasteiger partial charge is 0.294 e. The monoisotopic (exact) mass is 309 g/mol. The number of hydrogen-bond donors (Lipinski definition) is 2. The zero-order valence-electron chi connectivity index (χ0n) is 12.5. The largest absolute Gasteiger partial charge is 0.384 e. The zero-order chi connectivity index (χ0) is 16.0. The molecule has 0 radical (unpaired) electrons. The van der Waals surface area contributed by atoms with Crippen molar-refractivity contribution in [3.8, 4) is 5.69 Å². The van der Waals surface area contributed by atoms with Gasteiger partial charge in [0.15, 0.2) is 0 Å². The molecular formula is C14H19N3O3S. The van der Waals surface area contributed by atoms with Crippen LogP contribution in [0.25, 0.3) is 5.69 Å². The van der Waals surface area contributed by atoms with Gasteiger partial charge in [-0.25, -0.2) is 4.68 Å². The molecule has 0 bridgehead atoms. The Balaban J connectivity index is 2.61. The fourth-order valence-electron chi connectivity index (χ4n) is 1.97. The van der Waals surface area contributed by atoms with Gasteiger partial charge in [-0.15, -0.1) is 0 Å². The van der Waals surface area contributed by atoms with Gasteiger partial charge in [-0.1, -0.05) is 26.8 Å². The molecule has 0 fully saturated rings. The summed E-state index contributed by atoms with van der Waals surface area (Å²) in [5, 5.41) is 4.42. The van der Waals surface area contributed by atoms with E-state index in [0.29, 0.717) is 17.1 Å². The second-order valence-electron chi connectivity index (χ2n) is 6.04. The molecular weight excluding hydrogens is 290 g/mol. The van der Waals surface area contributed by atoms with Crippen LogP contribution in [0.4, 0.5) is 5.82 Å². The second kappa shape index (κ2) is 4.85. The first-order chi connectivity index (χ1) is 9.50. The van der Waals surface area contributed by atoms with Gasteiger partial charge in [0.05, 0.1) is 16.3 Å².